The third-order valence-corrected chi connectivity index (χ3v) is 4.30. The number of nitrogens with one attached hydrogen (secondary N) is 2. The van der Waals surface area contributed by atoms with Crippen LogP contribution in [0, 0.1) is 6.92 Å². The fourth-order valence-electron chi connectivity index (χ4n) is 1.26. The number of hydrogen-bond donors (Lipinski definition) is 2. The Balaban J connectivity index is 2.93. The first-order valence-corrected chi connectivity index (χ1v) is 7.59. The number of benzene rings is 1. The Morgan fingerprint density at radius 2 is 1.94 bits per heavy atom. The average molecular weight is 335 g/mol. The predicted octanol–water partition coefficient (Wildman–Crippen LogP) is 2.15. The molecule has 1 aromatic carbocycles. The van der Waals surface area contributed by atoms with Gasteiger partial charge in [-0.1, -0.05) is 15.9 Å². The average Bonchev–Trinajstić information content (AvgIpc) is 2.19. The number of halogens is 1. The van der Waals surface area contributed by atoms with E-state index in [2.05, 4.69) is 21.2 Å². The summed E-state index contributed by atoms with van der Waals surface area (Å²) in [5.41, 5.74) is 0.780. The maximum absolute atomic E-state index is 11.9. The van der Waals surface area contributed by atoms with Gasteiger partial charge in [0.2, 0.25) is 0 Å². The second-order valence-corrected chi connectivity index (χ2v) is 6.68. The van der Waals surface area contributed by atoms with Gasteiger partial charge < -0.3 is 5.32 Å². The molecule has 0 heterocycles. The predicted molar refractivity (Wildman–Crippen MR) is 72.9 cm³/mol. The van der Waals surface area contributed by atoms with Gasteiger partial charge in [-0.15, -0.1) is 0 Å². The van der Waals surface area contributed by atoms with E-state index >= 15 is 0 Å². The smallest absolute Gasteiger partial charge is 0.328 e. The molecule has 0 bridgehead atoms. The van der Waals surface area contributed by atoms with Crippen molar-refractivity contribution >= 4 is 32.0 Å². The van der Waals surface area contributed by atoms with Gasteiger partial charge in [-0.05, 0) is 44.5 Å². The van der Waals surface area contributed by atoms with Crippen molar-refractivity contribution in [3.8, 4) is 0 Å². The van der Waals surface area contributed by atoms with Crippen LogP contribution in [0.5, 0.6) is 0 Å². The number of aryl methyl sites for hydroxylation is 1. The Labute approximate surface area is 115 Å². The topological polar surface area (TPSA) is 75.3 Å². The van der Waals surface area contributed by atoms with Crippen LogP contribution >= 0.6 is 15.9 Å². The van der Waals surface area contributed by atoms with E-state index in [-0.39, 0.29) is 10.9 Å². The van der Waals surface area contributed by atoms with Crippen molar-refractivity contribution in [3.63, 3.8) is 0 Å². The van der Waals surface area contributed by atoms with Crippen molar-refractivity contribution in [2.24, 2.45) is 0 Å². The molecule has 0 fully saturated rings. The van der Waals surface area contributed by atoms with Crippen LogP contribution in [0.25, 0.3) is 0 Å². The molecule has 0 spiro atoms. The summed E-state index contributed by atoms with van der Waals surface area (Å²) in [4.78, 5) is 11.4. The molecule has 2 amide bonds. The third kappa shape index (κ3) is 3.99. The first-order valence-electron chi connectivity index (χ1n) is 5.32. The lowest BCUT2D eigenvalue weighted by molar-refractivity contribution is 0.243. The molecule has 0 radical (unpaired) electrons. The molecule has 2 N–H and O–H groups in total. The fraction of sp³-hybridized carbons (Fsp3) is 0.364. The zero-order valence-electron chi connectivity index (χ0n) is 10.3. The summed E-state index contributed by atoms with van der Waals surface area (Å²) in [6.07, 6.45) is 0. The lowest BCUT2D eigenvalue weighted by atomic mass is 10.2. The minimum atomic E-state index is -3.83. The van der Waals surface area contributed by atoms with Gasteiger partial charge in [-0.3, -0.25) is 0 Å². The van der Waals surface area contributed by atoms with Gasteiger partial charge in [0, 0.05) is 10.5 Å². The summed E-state index contributed by atoms with van der Waals surface area (Å²) in [5.74, 6) is 0. The van der Waals surface area contributed by atoms with Crippen LogP contribution in [-0.4, -0.2) is 20.5 Å². The quantitative estimate of drug-likeness (QED) is 0.889. The normalized spacial score (nSPS) is 11.4. The van der Waals surface area contributed by atoms with Gasteiger partial charge in [0.25, 0.3) is 10.0 Å². The van der Waals surface area contributed by atoms with E-state index in [0.717, 1.165) is 10.0 Å². The molecule has 0 aromatic heterocycles. The lowest BCUT2D eigenvalue weighted by Gasteiger charge is -2.11. The molecule has 100 valence electrons. The molecule has 0 aliphatic rings. The Hall–Kier alpha value is -1.08. The standard InChI is InChI=1S/C11H15BrN2O3S/c1-7(2)13-11(15)14-18(16,17)9-4-5-10(12)8(3)6-9/h4-7H,1-3H3,(H2,13,14,15). The molecule has 0 aliphatic carbocycles. The van der Waals surface area contributed by atoms with Crippen LogP contribution in [0.1, 0.15) is 19.4 Å². The van der Waals surface area contributed by atoms with Crippen molar-refractivity contribution in [2.45, 2.75) is 31.7 Å². The third-order valence-electron chi connectivity index (χ3n) is 2.09. The number of amides is 2. The van der Waals surface area contributed by atoms with Crippen LogP contribution in [0.15, 0.2) is 27.6 Å². The highest BCUT2D eigenvalue weighted by atomic mass is 79.9. The van der Waals surface area contributed by atoms with E-state index in [1.54, 1.807) is 26.8 Å². The second-order valence-electron chi connectivity index (χ2n) is 4.14. The van der Waals surface area contributed by atoms with Crippen molar-refractivity contribution in [1.82, 2.24) is 10.0 Å². The zero-order valence-corrected chi connectivity index (χ0v) is 12.7. The number of urea groups is 1. The molecule has 18 heavy (non-hydrogen) atoms. The number of carbonyl (C=O) groups is 1. The zero-order chi connectivity index (χ0) is 13.9. The second kappa shape index (κ2) is 5.71. The molecule has 0 atom stereocenters. The largest absolute Gasteiger partial charge is 0.335 e. The van der Waals surface area contributed by atoms with Gasteiger partial charge in [-0.2, -0.15) is 0 Å². The molecule has 1 rings (SSSR count). The van der Waals surface area contributed by atoms with Crippen LogP contribution in [0.3, 0.4) is 0 Å². The fourth-order valence-corrected chi connectivity index (χ4v) is 2.50. The molecule has 1 aromatic rings. The molecule has 0 saturated carbocycles. The number of hydrogen-bond acceptors (Lipinski definition) is 3. The molecular formula is C11H15BrN2O3S. The van der Waals surface area contributed by atoms with E-state index in [9.17, 15) is 13.2 Å². The maximum Gasteiger partial charge on any atom is 0.328 e. The van der Waals surface area contributed by atoms with Gasteiger partial charge in [-0.25, -0.2) is 17.9 Å². The van der Waals surface area contributed by atoms with E-state index in [0.29, 0.717) is 0 Å². The minimum absolute atomic E-state index is 0.0575. The minimum Gasteiger partial charge on any atom is -0.335 e. The maximum atomic E-state index is 11.9. The highest BCUT2D eigenvalue weighted by Gasteiger charge is 2.18. The highest BCUT2D eigenvalue weighted by Crippen LogP contribution is 2.19. The SMILES string of the molecule is Cc1cc(S(=O)(=O)NC(=O)NC(C)C)ccc1Br. The number of sulfonamides is 1. The summed E-state index contributed by atoms with van der Waals surface area (Å²) in [6.45, 7) is 5.27. The summed E-state index contributed by atoms with van der Waals surface area (Å²) in [7, 11) is -3.83. The Morgan fingerprint density at radius 1 is 1.33 bits per heavy atom. The molecule has 0 saturated heterocycles. The van der Waals surface area contributed by atoms with E-state index in [4.69, 9.17) is 0 Å². The van der Waals surface area contributed by atoms with E-state index < -0.39 is 16.1 Å². The summed E-state index contributed by atoms with van der Waals surface area (Å²) < 4.78 is 26.6. The first-order chi connectivity index (χ1) is 8.22. The van der Waals surface area contributed by atoms with Gasteiger partial charge in [0.05, 0.1) is 4.90 Å². The van der Waals surface area contributed by atoms with E-state index in [1.807, 2.05) is 4.72 Å². The molecule has 7 heteroatoms. The summed E-state index contributed by atoms with van der Waals surface area (Å²) in [6, 6.07) is 3.69. The van der Waals surface area contributed by atoms with Crippen molar-refractivity contribution < 1.29 is 13.2 Å². The van der Waals surface area contributed by atoms with Crippen molar-refractivity contribution in [3.05, 3.63) is 28.2 Å². The van der Waals surface area contributed by atoms with Gasteiger partial charge in [0.15, 0.2) is 0 Å². The number of carbonyl (C=O) groups excluding carboxylic acids is 1. The van der Waals surface area contributed by atoms with Crippen LogP contribution < -0.4 is 10.0 Å². The van der Waals surface area contributed by atoms with Crippen molar-refractivity contribution in [2.75, 3.05) is 0 Å². The molecule has 0 unspecified atom stereocenters. The van der Waals surface area contributed by atoms with Crippen LogP contribution in [-0.2, 0) is 10.0 Å². The lowest BCUT2D eigenvalue weighted by Crippen LogP contribution is -2.42. The Bertz CT molecular complexity index is 555. The van der Waals surface area contributed by atoms with Gasteiger partial charge >= 0.3 is 6.03 Å². The number of rotatable bonds is 3. The highest BCUT2D eigenvalue weighted by molar-refractivity contribution is 9.10. The van der Waals surface area contributed by atoms with Crippen LogP contribution in [0.4, 0.5) is 4.79 Å². The molecular weight excluding hydrogens is 320 g/mol. The molecule has 0 aliphatic heterocycles. The van der Waals surface area contributed by atoms with Crippen LogP contribution in [0.2, 0.25) is 0 Å². The Morgan fingerprint density at radius 3 is 2.44 bits per heavy atom. The molecule has 5 nitrogen and oxygen atoms in total. The van der Waals surface area contributed by atoms with Gasteiger partial charge in [0.1, 0.15) is 0 Å². The first kappa shape index (κ1) is 15.0. The Kier molecular flexibility index (Phi) is 4.75. The summed E-state index contributed by atoms with van der Waals surface area (Å²) in [5, 5.41) is 2.46. The van der Waals surface area contributed by atoms with Crippen molar-refractivity contribution in [1.29, 1.82) is 0 Å². The van der Waals surface area contributed by atoms with E-state index in [1.165, 1.54) is 12.1 Å². The summed E-state index contributed by atoms with van der Waals surface area (Å²) >= 11 is 3.29. The monoisotopic (exact) mass is 334 g/mol.